The standard InChI is InChI=1S/C18H30N2O/c1-4-15(5-2)14-20(6-3)18(21)17(19)13-12-16-10-8-7-9-11-16/h7-11,15,17H,4-6,12-14,19H2,1-3H3/t17-/m0/s1. The molecule has 0 fully saturated rings. The summed E-state index contributed by atoms with van der Waals surface area (Å²) in [6.07, 6.45) is 3.79. The third kappa shape index (κ3) is 5.88. The topological polar surface area (TPSA) is 46.3 Å². The smallest absolute Gasteiger partial charge is 0.239 e. The normalized spacial score (nSPS) is 12.4. The lowest BCUT2D eigenvalue weighted by Crippen LogP contribution is -2.45. The summed E-state index contributed by atoms with van der Waals surface area (Å²) in [6, 6.07) is 9.82. The fraction of sp³-hybridized carbons (Fsp3) is 0.611. The number of nitrogens with two attached hydrogens (primary N) is 1. The van der Waals surface area contributed by atoms with E-state index in [0.29, 0.717) is 12.3 Å². The van der Waals surface area contributed by atoms with Gasteiger partial charge in [0.15, 0.2) is 0 Å². The van der Waals surface area contributed by atoms with Crippen LogP contribution in [0.5, 0.6) is 0 Å². The van der Waals surface area contributed by atoms with Crippen LogP contribution < -0.4 is 5.73 Å². The molecule has 1 amide bonds. The summed E-state index contributed by atoms with van der Waals surface area (Å²) >= 11 is 0. The summed E-state index contributed by atoms with van der Waals surface area (Å²) < 4.78 is 0. The SMILES string of the molecule is CCC(CC)CN(CC)C(=O)[C@@H](N)CCc1ccccc1. The molecule has 0 aromatic heterocycles. The van der Waals surface area contributed by atoms with Crippen molar-refractivity contribution in [2.45, 2.75) is 52.5 Å². The Kier molecular flexibility index (Phi) is 8.06. The third-order valence-corrected chi connectivity index (χ3v) is 4.23. The second-order valence-corrected chi connectivity index (χ2v) is 5.69. The molecule has 0 spiro atoms. The molecular weight excluding hydrogens is 260 g/mol. The highest BCUT2D eigenvalue weighted by molar-refractivity contribution is 5.81. The van der Waals surface area contributed by atoms with Gasteiger partial charge in [0.2, 0.25) is 5.91 Å². The molecule has 0 heterocycles. The Morgan fingerprint density at radius 1 is 1.14 bits per heavy atom. The molecule has 2 N–H and O–H groups in total. The number of carbonyl (C=O) groups excluding carboxylic acids is 1. The Bertz CT molecular complexity index is 401. The molecule has 0 saturated carbocycles. The van der Waals surface area contributed by atoms with Crippen LogP contribution in [0.25, 0.3) is 0 Å². The second kappa shape index (κ2) is 9.56. The van der Waals surface area contributed by atoms with Crippen molar-refractivity contribution in [2.24, 2.45) is 11.7 Å². The zero-order valence-corrected chi connectivity index (χ0v) is 13.7. The van der Waals surface area contributed by atoms with Crippen molar-refractivity contribution in [1.29, 1.82) is 0 Å². The molecule has 118 valence electrons. The molecule has 0 unspecified atom stereocenters. The minimum Gasteiger partial charge on any atom is -0.341 e. The molecule has 0 saturated heterocycles. The molecule has 21 heavy (non-hydrogen) atoms. The molecule has 3 heteroatoms. The van der Waals surface area contributed by atoms with Crippen LogP contribution in [0.2, 0.25) is 0 Å². The van der Waals surface area contributed by atoms with Crippen LogP contribution in [-0.2, 0) is 11.2 Å². The highest BCUT2D eigenvalue weighted by Crippen LogP contribution is 2.12. The second-order valence-electron chi connectivity index (χ2n) is 5.69. The Morgan fingerprint density at radius 2 is 1.76 bits per heavy atom. The largest absolute Gasteiger partial charge is 0.341 e. The maximum Gasteiger partial charge on any atom is 0.239 e. The maximum atomic E-state index is 12.5. The van der Waals surface area contributed by atoms with E-state index in [1.54, 1.807) is 0 Å². The van der Waals surface area contributed by atoms with Gasteiger partial charge in [0, 0.05) is 13.1 Å². The predicted molar refractivity (Wildman–Crippen MR) is 89.1 cm³/mol. The molecule has 0 radical (unpaired) electrons. The summed E-state index contributed by atoms with van der Waals surface area (Å²) in [5, 5.41) is 0. The fourth-order valence-corrected chi connectivity index (χ4v) is 2.56. The lowest BCUT2D eigenvalue weighted by atomic mass is 10.0. The van der Waals surface area contributed by atoms with Crippen molar-refractivity contribution in [1.82, 2.24) is 4.90 Å². The van der Waals surface area contributed by atoms with Gasteiger partial charge >= 0.3 is 0 Å². The van der Waals surface area contributed by atoms with Gasteiger partial charge in [0.1, 0.15) is 0 Å². The molecule has 1 atom stereocenters. The maximum absolute atomic E-state index is 12.5. The summed E-state index contributed by atoms with van der Waals surface area (Å²) in [7, 11) is 0. The van der Waals surface area contributed by atoms with Crippen LogP contribution in [0.4, 0.5) is 0 Å². The van der Waals surface area contributed by atoms with Crippen molar-refractivity contribution < 1.29 is 4.79 Å². The van der Waals surface area contributed by atoms with Crippen LogP contribution in [0, 0.1) is 5.92 Å². The molecule has 1 rings (SSSR count). The van der Waals surface area contributed by atoms with Gasteiger partial charge in [0.25, 0.3) is 0 Å². The first-order valence-corrected chi connectivity index (χ1v) is 8.20. The first kappa shape index (κ1) is 17.7. The lowest BCUT2D eigenvalue weighted by molar-refractivity contribution is -0.133. The number of aryl methyl sites for hydroxylation is 1. The zero-order valence-electron chi connectivity index (χ0n) is 13.7. The van der Waals surface area contributed by atoms with E-state index in [1.807, 2.05) is 30.0 Å². The van der Waals surface area contributed by atoms with Gasteiger partial charge < -0.3 is 10.6 Å². The van der Waals surface area contributed by atoms with Crippen molar-refractivity contribution >= 4 is 5.91 Å². The molecular formula is C18H30N2O. The van der Waals surface area contributed by atoms with E-state index in [0.717, 1.165) is 32.4 Å². The molecule has 0 bridgehead atoms. The van der Waals surface area contributed by atoms with Gasteiger partial charge in [-0.3, -0.25) is 4.79 Å². The van der Waals surface area contributed by atoms with E-state index in [2.05, 4.69) is 26.0 Å². The first-order valence-electron chi connectivity index (χ1n) is 8.20. The highest BCUT2D eigenvalue weighted by Gasteiger charge is 2.21. The van der Waals surface area contributed by atoms with Crippen LogP contribution >= 0.6 is 0 Å². The van der Waals surface area contributed by atoms with Gasteiger partial charge in [-0.05, 0) is 31.2 Å². The number of hydrogen-bond acceptors (Lipinski definition) is 2. The predicted octanol–water partition coefficient (Wildman–Crippen LogP) is 3.23. The van der Waals surface area contributed by atoms with Crippen molar-refractivity contribution in [3.05, 3.63) is 35.9 Å². The summed E-state index contributed by atoms with van der Waals surface area (Å²) in [5.74, 6) is 0.676. The van der Waals surface area contributed by atoms with Gasteiger partial charge in [0.05, 0.1) is 6.04 Å². The van der Waals surface area contributed by atoms with Gasteiger partial charge in [-0.25, -0.2) is 0 Å². The molecule has 0 aliphatic carbocycles. The lowest BCUT2D eigenvalue weighted by Gasteiger charge is -2.28. The van der Waals surface area contributed by atoms with Crippen LogP contribution in [0.3, 0.4) is 0 Å². The number of hydrogen-bond donors (Lipinski definition) is 1. The molecule has 1 aromatic rings. The van der Waals surface area contributed by atoms with E-state index >= 15 is 0 Å². The van der Waals surface area contributed by atoms with Gasteiger partial charge in [-0.2, -0.15) is 0 Å². The number of benzene rings is 1. The number of carbonyl (C=O) groups is 1. The minimum atomic E-state index is -0.389. The number of amides is 1. The summed E-state index contributed by atoms with van der Waals surface area (Å²) in [4.78, 5) is 14.4. The van der Waals surface area contributed by atoms with Gasteiger partial charge in [-0.1, -0.05) is 57.0 Å². The number of nitrogens with zero attached hydrogens (tertiary/aromatic N) is 1. The van der Waals surface area contributed by atoms with Gasteiger partial charge in [-0.15, -0.1) is 0 Å². The first-order chi connectivity index (χ1) is 10.1. The Morgan fingerprint density at radius 3 is 2.29 bits per heavy atom. The van der Waals surface area contributed by atoms with Crippen LogP contribution in [0.15, 0.2) is 30.3 Å². The van der Waals surface area contributed by atoms with E-state index in [4.69, 9.17) is 5.73 Å². The zero-order chi connectivity index (χ0) is 15.7. The molecule has 1 aromatic carbocycles. The Hall–Kier alpha value is -1.35. The quantitative estimate of drug-likeness (QED) is 0.759. The van der Waals surface area contributed by atoms with Crippen LogP contribution in [-0.4, -0.2) is 29.9 Å². The highest BCUT2D eigenvalue weighted by atomic mass is 16.2. The number of likely N-dealkylation sites (N-methyl/N-ethyl adjacent to an activating group) is 1. The van der Waals surface area contributed by atoms with E-state index in [-0.39, 0.29) is 11.9 Å². The van der Waals surface area contributed by atoms with Crippen molar-refractivity contribution in [3.63, 3.8) is 0 Å². The van der Waals surface area contributed by atoms with E-state index in [9.17, 15) is 4.79 Å². The monoisotopic (exact) mass is 290 g/mol. The van der Waals surface area contributed by atoms with Crippen LogP contribution in [0.1, 0.15) is 45.6 Å². The van der Waals surface area contributed by atoms with E-state index < -0.39 is 0 Å². The third-order valence-electron chi connectivity index (χ3n) is 4.23. The molecule has 0 aliphatic heterocycles. The minimum absolute atomic E-state index is 0.0975. The Labute approximate surface area is 129 Å². The van der Waals surface area contributed by atoms with E-state index in [1.165, 1.54) is 5.56 Å². The average molecular weight is 290 g/mol. The Balaban J connectivity index is 2.50. The number of rotatable bonds is 9. The molecule has 0 aliphatic rings. The van der Waals surface area contributed by atoms with Crippen molar-refractivity contribution in [2.75, 3.05) is 13.1 Å². The summed E-state index contributed by atoms with van der Waals surface area (Å²) in [5.41, 5.74) is 7.35. The average Bonchev–Trinajstić information content (AvgIpc) is 2.54. The molecule has 3 nitrogen and oxygen atoms in total. The van der Waals surface area contributed by atoms with Crippen molar-refractivity contribution in [3.8, 4) is 0 Å². The summed E-state index contributed by atoms with van der Waals surface area (Å²) in [6.45, 7) is 7.98. The fourth-order valence-electron chi connectivity index (χ4n) is 2.56.